The maximum atomic E-state index is 11.9. The molecular formula is C11H15N3O. The van der Waals surface area contributed by atoms with Gasteiger partial charge in [-0.15, -0.1) is 0 Å². The molecule has 1 aliphatic rings. The van der Waals surface area contributed by atoms with Gasteiger partial charge in [-0.05, 0) is 30.5 Å². The van der Waals surface area contributed by atoms with Gasteiger partial charge in [-0.3, -0.25) is 15.2 Å². The molecule has 4 heteroatoms. The predicted molar refractivity (Wildman–Crippen MR) is 56.7 cm³/mol. The molecule has 0 bridgehead atoms. The van der Waals surface area contributed by atoms with Crippen molar-refractivity contribution in [3.8, 4) is 0 Å². The number of nitrogens with one attached hydrogen (secondary N) is 1. The maximum Gasteiger partial charge on any atom is 0.244 e. The Morgan fingerprint density at radius 2 is 1.93 bits per heavy atom. The number of hydrazine groups is 1. The number of amides is 1. The molecule has 1 saturated carbocycles. The highest BCUT2D eigenvalue weighted by Crippen LogP contribution is 2.40. The van der Waals surface area contributed by atoms with Gasteiger partial charge in [0.1, 0.15) is 0 Å². The second-order valence-corrected chi connectivity index (χ2v) is 4.00. The number of rotatable bonds is 2. The molecule has 1 aromatic rings. The Hall–Kier alpha value is -1.42. The first-order chi connectivity index (χ1) is 7.29. The van der Waals surface area contributed by atoms with Gasteiger partial charge in [-0.2, -0.15) is 0 Å². The van der Waals surface area contributed by atoms with Crippen LogP contribution in [0, 0.1) is 0 Å². The zero-order valence-corrected chi connectivity index (χ0v) is 8.57. The van der Waals surface area contributed by atoms with Crippen LogP contribution in [0.1, 0.15) is 31.2 Å². The Kier molecular flexibility index (Phi) is 2.68. The van der Waals surface area contributed by atoms with E-state index in [1.807, 2.05) is 12.1 Å². The first-order valence-corrected chi connectivity index (χ1v) is 5.21. The van der Waals surface area contributed by atoms with Gasteiger partial charge in [0.2, 0.25) is 5.91 Å². The zero-order valence-electron chi connectivity index (χ0n) is 8.57. The van der Waals surface area contributed by atoms with Crippen molar-refractivity contribution in [2.75, 3.05) is 0 Å². The van der Waals surface area contributed by atoms with Crippen molar-refractivity contribution in [2.24, 2.45) is 5.84 Å². The van der Waals surface area contributed by atoms with Crippen molar-refractivity contribution < 1.29 is 4.79 Å². The van der Waals surface area contributed by atoms with E-state index >= 15 is 0 Å². The Balaban J connectivity index is 2.39. The summed E-state index contributed by atoms with van der Waals surface area (Å²) in [5, 5.41) is 0. The second-order valence-electron chi connectivity index (χ2n) is 4.00. The monoisotopic (exact) mass is 205 g/mol. The molecule has 3 N–H and O–H groups in total. The third-order valence-corrected chi connectivity index (χ3v) is 3.26. The van der Waals surface area contributed by atoms with Crippen LogP contribution in [0.25, 0.3) is 0 Å². The van der Waals surface area contributed by atoms with Crippen LogP contribution in [-0.4, -0.2) is 10.9 Å². The highest BCUT2D eigenvalue weighted by atomic mass is 16.2. The molecule has 0 saturated heterocycles. The lowest BCUT2D eigenvalue weighted by Crippen LogP contribution is -2.45. The molecule has 0 aliphatic heterocycles. The van der Waals surface area contributed by atoms with E-state index in [2.05, 4.69) is 10.4 Å². The minimum Gasteiger partial charge on any atom is -0.293 e. The lowest BCUT2D eigenvalue weighted by atomic mass is 9.78. The van der Waals surface area contributed by atoms with Gasteiger partial charge in [0.25, 0.3) is 0 Å². The fraction of sp³-hybridized carbons (Fsp3) is 0.455. The van der Waals surface area contributed by atoms with Crippen LogP contribution in [0.5, 0.6) is 0 Å². The van der Waals surface area contributed by atoms with Crippen molar-refractivity contribution in [3.63, 3.8) is 0 Å². The minimum atomic E-state index is -0.419. The highest BCUT2D eigenvalue weighted by molar-refractivity contribution is 5.88. The summed E-state index contributed by atoms with van der Waals surface area (Å²) in [6.07, 6.45) is 7.35. The highest BCUT2D eigenvalue weighted by Gasteiger charge is 2.42. The van der Waals surface area contributed by atoms with Crippen molar-refractivity contribution in [1.82, 2.24) is 10.4 Å². The standard InChI is InChI=1S/C11H15N3O/c12-14-10(15)11(5-1-2-6-11)9-3-7-13-8-4-9/h3-4,7-8H,1-2,5-6,12H2,(H,14,15). The first-order valence-electron chi connectivity index (χ1n) is 5.21. The third-order valence-electron chi connectivity index (χ3n) is 3.26. The number of nitrogens with two attached hydrogens (primary N) is 1. The molecule has 15 heavy (non-hydrogen) atoms. The molecule has 0 spiro atoms. The average Bonchev–Trinajstić information content (AvgIpc) is 2.79. The number of hydrogen-bond donors (Lipinski definition) is 2. The Labute approximate surface area is 88.9 Å². The third kappa shape index (κ3) is 1.61. The molecule has 0 unspecified atom stereocenters. The van der Waals surface area contributed by atoms with E-state index in [9.17, 15) is 4.79 Å². The van der Waals surface area contributed by atoms with Gasteiger partial charge in [0, 0.05) is 12.4 Å². The molecular weight excluding hydrogens is 190 g/mol. The first kappa shape index (κ1) is 10.1. The van der Waals surface area contributed by atoms with Crippen LogP contribution in [0.2, 0.25) is 0 Å². The summed E-state index contributed by atoms with van der Waals surface area (Å²) in [5.74, 6) is 5.18. The Bertz CT molecular complexity index is 344. The lowest BCUT2D eigenvalue weighted by Gasteiger charge is -2.26. The number of carbonyl (C=O) groups is 1. The van der Waals surface area contributed by atoms with Crippen LogP contribution in [0.4, 0.5) is 0 Å². The number of nitrogens with zero attached hydrogens (tertiary/aromatic N) is 1. The smallest absolute Gasteiger partial charge is 0.244 e. The molecule has 1 aliphatic carbocycles. The van der Waals surface area contributed by atoms with Crippen LogP contribution < -0.4 is 11.3 Å². The normalized spacial score (nSPS) is 18.7. The molecule has 80 valence electrons. The average molecular weight is 205 g/mol. The van der Waals surface area contributed by atoms with Crippen molar-refractivity contribution in [3.05, 3.63) is 30.1 Å². The number of aromatic nitrogens is 1. The molecule has 1 heterocycles. The number of carbonyl (C=O) groups excluding carboxylic acids is 1. The van der Waals surface area contributed by atoms with E-state index < -0.39 is 5.41 Å². The molecule has 1 amide bonds. The van der Waals surface area contributed by atoms with Gasteiger partial charge in [-0.1, -0.05) is 12.8 Å². The fourth-order valence-electron chi connectivity index (χ4n) is 2.43. The maximum absolute atomic E-state index is 11.9. The largest absolute Gasteiger partial charge is 0.293 e. The van der Waals surface area contributed by atoms with Gasteiger partial charge in [0.15, 0.2) is 0 Å². The summed E-state index contributed by atoms with van der Waals surface area (Å²) in [6, 6.07) is 3.81. The number of pyridine rings is 1. The van der Waals surface area contributed by atoms with E-state index in [4.69, 9.17) is 5.84 Å². The van der Waals surface area contributed by atoms with Crippen LogP contribution in [0.15, 0.2) is 24.5 Å². The summed E-state index contributed by atoms with van der Waals surface area (Å²) in [6.45, 7) is 0. The molecule has 0 aromatic carbocycles. The second kappa shape index (κ2) is 3.98. The molecule has 2 rings (SSSR count). The molecule has 1 aromatic heterocycles. The van der Waals surface area contributed by atoms with Crippen molar-refractivity contribution in [1.29, 1.82) is 0 Å². The van der Waals surface area contributed by atoms with Gasteiger partial charge in [0.05, 0.1) is 5.41 Å². The van der Waals surface area contributed by atoms with E-state index in [1.54, 1.807) is 12.4 Å². The summed E-state index contributed by atoms with van der Waals surface area (Å²) in [4.78, 5) is 15.9. The lowest BCUT2D eigenvalue weighted by molar-refractivity contribution is -0.126. The number of hydrogen-bond acceptors (Lipinski definition) is 3. The quantitative estimate of drug-likeness (QED) is 0.428. The molecule has 4 nitrogen and oxygen atoms in total. The van der Waals surface area contributed by atoms with Gasteiger partial charge >= 0.3 is 0 Å². The predicted octanol–water partition coefficient (Wildman–Crippen LogP) is 0.883. The Morgan fingerprint density at radius 1 is 1.33 bits per heavy atom. The SMILES string of the molecule is NNC(=O)C1(c2ccncc2)CCCC1. The fourth-order valence-corrected chi connectivity index (χ4v) is 2.43. The van der Waals surface area contributed by atoms with Crippen LogP contribution >= 0.6 is 0 Å². The summed E-state index contributed by atoms with van der Waals surface area (Å²) < 4.78 is 0. The topological polar surface area (TPSA) is 68.0 Å². The van der Waals surface area contributed by atoms with Gasteiger partial charge in [-0.25, -0.2) is 5.84 Å². The minimum absolute atomic E-state index is 0.0776. The summed E-state index contributed by atoms with van der Waals surface area (Å²) >= 11 is 0. The van der Waals surface area contributed by atoms with E-state index in [0.29, 0.717) is 0 Å². The van der Waals surface area contributed by atoms with Crippen molar-refractivity contribution in [2.45, 2.75) is 31.1 Å². The van der Waals surface area contributed by atoms with Crippen molar-refractivity contribution >= 4 is 5.91 Å². The van der Waals surface area contributed by atoms with E-state index in [1.165, 1.54) is 0 Å². The Morgan fingerprint density at radius 3 is 2.47 bits per heavy atom. The van der Waals surface area contributed by atoms with E-state index in [-0.39, 0.29) is 5.91 Å². The molecule has 1 fully saturated rings. The van der Waals surface area contributed by atoms with E-state index in [0.717, 1.165) is 31.2 Å². The molecule has 0 atom stereocenters. The molecule has 0 radical (unpaired) electrons. The van der Waals surface area contributed by atoms with Crippen LogP contribution in [-0.2, 0) is 10.2 Å². The summed E-state index contributed by atoms with van der Waals surface area (Å²) in [5.41, 5.74) is 2.89. The zero-order chi connectivity index (χ0) is 10.7. The summed E-state index contributed by atoms with van der Waals surface area (Å²) in [7, 11) is 0. The van der Waals surface area contributed by atoms with Crippen LogP contribution in [0.3, 0.4) is 0 Å². The van der Waals surface area contributed by atoms with Gasteiger partial charge < -0.3 is 0 Å².